The topological polar surface area (TPSA) is 21.3 Å². The van der Waals surface area contributed by atoms with Gasteiger partial charge in [0.1, 0.15) is 0 Å². The minimum Gasteiger partial charge on any atom is -0.372 e. The van der Waals surface area contributed by atoms with Crippen LogP contribution in [0.15, 0.2) is 29.6 Å². The molecule has 0 amide bonds. The molecule has 0 bridgehead atoms. The number of nitrogens with one attached hydrogen (secondary N) is 1. The van der Waals surface area contributed by atoms with Gasteiger partial charge >= 0.3 is 0 Å². The molecule has 0 radical (unpaired) electrons. The molecule has 1 aliphatic rings. The summed E-state index contributed by atoms with van der Waals surface area (Å²) in [5.74, 6) is 0. The maximum atomic E-state index is 5.51. The number of thiophene rings is 1. The van der Waals surface area contributed by atoms with Crippen LogP contribution < -0.4 is 5.32 Å². The zero-order chi connectivity index (χ0) is 13.2. The van der Waals surface area contributed by atoms with Crippen molar-refractivity contribution in [1.29, 1.82) is 0 Å². The minimum atomic E-state index is 0.294. The van der Waals surface area contributed by atoms with Gasteiger partial charge in [-0.3, -0.25) is 0 Å². The van der Waals surface area contributed by atoms with E-state index in [4.69, 9.17) is 4.74 Å². The molecule has 1 atom stereocenters. The van der Waals surface area contributed by atoms with E-state index < -0.39 is 0 Å². The summed E-state index contributed by atoms with van der Waals surface area (Å²) in [7, 11) is 0. The van der Waals surface area contributed by atoms with E-state index in [0.29, 0.717) is 6.04 Å². The van der Waals surface area contributed by atoms with E-state index in [1.54, 1.807) is 0 Å². The Hall–Kier alpha value is -1.16. The molecule has 0 saturated heterocycles. The lowest BCUT2D eigenvalue weighted by Crippen LogP contribution is -2.22. The Morgan fingerprint density at radius 3 is 2.84 bits per heavy atom. The molecule has 0 saturated carbocycles. The predicted octanol–water partition coefficient (Wildman–Crippen LogP) is 3.79. The van der Waals surface area contributed by atoms with Gasteiger partial charge in [-0.15, -0.1) is 11.3 Å². The van der Waals surface area contributed by atoms with Crippen LogP contribution in [0.25, 0.3) is 0 Å². The zero-order valence-corrected chi connectivity index (χ0v) is 12.2. The highest BCUT2D eigenvalue weighted by Crippen LogP contribution is 2.30. The van der Waals surface area contributed by atoms with Crippen molar-refractivity contribution < 1.29 is 4.74 Å². The molecular weight excluding hydrogens is 254 g/mol. The lowest BCUT2D eigenvalue weighted by Gasteiger charge is -2.19. The maximum Gasteiger partial charge on any atom is 0.0725 e. The summed E-state index contributed by atoms with van der Waals surface area (Å²) in [6, 6.07) is 9.27. The van der Waals surface area contributed by atoms with Crippen LogP contribution in [0, 0.1) is 6.92 Å². The van der Waals surface area contributed by atoms with Crippen LogP contribution in [0.1, 0.15) is 40.1 Å². The number of aryl methyl sites for hydroxylation is 1. The van der Waals surface area contributed by atoms with E-state index in [1.165, 1.54) is 27.1 Å². The Morgan fingerprint density at radius 1 is 1.26 bits per heavy atom. The molecule has 1 aromatic carbocycles. The van der Waals surface area contributed by atoms with E-state index >= 15 is 0 Å². The third kappa shape index (κ3) is 2.46. The molecule has 1 N–H and O–H groups in total. The first-order valence-corrected chi connectivity index (χ1v) is 7.64. The van der Waals surface area contributed by atoms with E-state index in [-0.39, 0.29) is 0 Å². The summed E-state index contributed by atoms with van der Waals surface area (Å²) in [4.78, 5) is 1.39. The van der Waals surface area contributed by atoms with Crippen LogP contribution in [-0.4, -0.2) is 6.54 Å². The minimum absolute atomic E-state index is 0.294. The SMILES string of the molecule is CCNC(c1ccc2c(c1)COC2)c1ccsc1C. The van der Waals surface area contributed by atoms with Crippen molar-refractivity contribution in [2.45, 2.75) is 33.1 Å². The highest BCUT2D eigenvalue weighted by atomic mass is 32.1. The van der Waals surface area contributed by atoms with Gasteiger partial charge in [-0.1, -0.05) is 25.1 Å². The lowest BCUT2D eigenvalue weighted by molar-refractivity contribution is 0.134. The van der Waals surface area contributed by atoms with Crippen molar-refractivity contribution >= 4 is 11.3 Å². The molecule has 1 aromatic heterocycles. The summed E-state index contributed by atoms with van der Waals surface area (Å²) in [6.07, 6.45) is 0. The zero-order valence-electron chi connectivity index (χ0n) is 11.4. The Bertz CT molecular complexity index is 576. The number of fused-ring (bicyclic) bond motifs is 1. The van der Waals surface area contributed by atoms with E-state index in [9.17, 15) is 0 Å². The van der Waals surface area contributed by atoms with Gasteiger partial charge in [0.25, 0.3) is 0 Å². The maximum absolute atomic E-state index is 5.51. The fourth-order valence-electron chi connectivity index (χ4n) is 2.68. The molecule has 0 aliphatic carbocycles. The Kier molecular flexibility index (Phi) is 3.69. The second-order valence-corrected chi connectivity index (χ2v) is 6.06. The molecule has 1 aliphatic heterocycles. The number of rotatable bonds is 4. The highest BCUT2D eigenvalue weighted by Gasteiger charge is 2.19. The molecule has 19 heavy (non-hydrogen) atoms. The summed E-state index contributed by atoms with van der Waals surface area (Å²) < 4.78 is 5.51. The van der Waals surface area contributed by atoms with Crippen molar-refractivity contribution in [3.05, 3.63) is 56.8 Å². The van der Waals surface area contributed by atoms with Crippen molar-refractivity contribution in [1.82, 2.24) is 5.32 Å². The first kappa shape index (κ1) is 12.9. The number of benzene rings is 1. The standard InChI is InChI=1S/C16H19NOS/c1-3-17-16(15-6-7-19-11(15)2)12-4-5-13-9-18-10-14(13)8-12/h4-8,16-17H,3,9-10H2,1-2H3. The van der Waals surface area contributed by atoms with Gasteiger partial charge in [0.15, 0.2) is 0 Å². The Labute approximate surface area is 118 Å². The van der Waals surface area contributed by atoms with Crippen molar-refractivity contribution in [3.63, 3.8) is 0 Å². The van der Waals surface area contributed by atoms with Crippen LogP contribution in [0.2, 0.25) is 0 Å². The predicted molar refractivity (Wildman–Crippen MR) is 79.5 cm³/mol. The second kappa shape index (κ2) is 5.45. The van der Waals surface area contributed by atoms with Crippen LogP contribution >= 0.6 is 11.3 Å². The molecule has 3 heteroatoms. The summed E-state index contributed by atoms with van der Waals surface area (Å²) in [5.41, 5.74) is 5.41. The van der Waals surface area contributed by atoms with Crippen molar-refractivity contribution in [3.8, 4) is 0 Å². The third-order valence-corrected chi connectivity index (χ3v) is 4.56. The average molecular weight is 273 g/mol. The largest absolute Gasteiger partial charge is 0.372 e. The van der Waals surface area contributed by atoms with Gasteiger partial charge in [-0.2, -0.15) is 0 Å². The average Bonchev–Trinajstić information content (AvgIpc) is 3.03. The number of ether oxygens (including phenoxy) is 1. The van der Waals surface area contributed by atoms with Gasteiger partial charge in [0, 0.05) is 4.88 Å². The summed E-state index contributed by atoms with van der Waals surface area (Å²) in [6.45, 7) is 6.84. The highest BCUT2D eigenvalue weighted by molar-refractivity contribution is 7.10. The number of hydrogen-bond acceptors (Lipinski definition) is 3. The fourth-order valence-corrected chi connectivity index (χ4v) is 3.42. The second-order valence-electron chi connectivity index (χ2n) is 4.94. The molecule has 2 heterocycles. The van der Waals surface area contributed by atoms with Gasteiger partial charge in [0.2, 0.25) is 0 Å². The smallest absolute Gasteiger partial charge is 0.0725 e. The van der Waals surface area contributed by atoms with Crippen LogP contribution in [0.3, 0.4) is 0 Å². The fraction of sp³-hybridized carbons (Fsp3) is 0.375. The van der Waals surface area contributed by atoms with Gasteiger partial charge in [0.05, 0.1) is 19.3 Å². The van der Waals surface area contributed by atoms with E-state index in [2.05, 4.69) is 48.8 Å². The van der Waals surface area contributed by atoms with Crippen LogP contribution in [0.4, 0.5) is 0 Å². The Morgan fingerprint density at radius 2 is 2.11 bits per heavy atom. The van der Waals surface area contributed by atoms with Gasteiger partial charge in [-0.05, 0) is 47.2 Å². The van der Waals surface area contributed by atoms with Gasteiger partial charge < -0.3 is 10.1 Å². The van der Waals surface area contributed by atoms with E-state index in [0.717, 1.165) is 19.8 Å². The van der Waals surface area contributed by atoms with Crippen molar-refractivity contribution in [2.24, 2.45) is 0 Å². The van der Waals surface area contributed by atoms with Crippen LogP contribution in [-0.2, 0) is 18.0 Å². The normalized spacial score (nSPS) is 15.5. The third-order valence-electron chi connectivity index (χ3n) is 3.70. The monoisotopic (exact) mass is 273 g/mol. The molecule has 2 nitrogen and oxygen atoms in total. The molecule has 0 spiro atoms. The molecule has 2 aromatic rings. The van der Waals surface area contributed by atoms with Gasteiger partial charge in [-0.25, -0.2) is 0 Å². The summed E-state index contributed by atoms with van der Waals surface area (Å²) in [5, 5.41) is 5.77. The number of hydrogen-bond donors (Lipinski definition) is 1. The Balaban J connectivity index is 1.98. The molecule has 100 valence electrons. The first-order chi connectivity index (χ1) is 9.29. The molecule has 1 unspecified atom stereocenters. The van der Waals surface area contributed by atoms with Crippen molar-refractivity contribution in [2.75, 3.05) is 6.54 Å². The quantitative estimate of drug-likeness (QED) is 0.915. The molecule has 3 rings (SSSR count). The van der Waals surface area contributed by atoms with Crippen LogP contribution in [0.5, 0.6) is 0 Å². The molecular formula is C16H19NOS. The lowest BCUT2D eigenvalue weighted by atomic mass is 9.96. The molecule has 0 fully saturated rings. The van der Waals surface area contributed by atoms with E-state index in [1.807, 2.05) is 11.3 Å². The summed E-state index contributed by atoms with van der Waals surface area (Å²) >= 11 is 1.81. The first-order valence-electron chi connectivity index (χ1n) is 6.76.